The molecule has 0 aliphatic rings. The zero-order valence-corrected chi connectivity index (χ0v) is 18.4. The summed E-state index contributed by atoms with van der Waals surface area (Å²) in [6.45, 7) is 12.4. The van der Waals surface area contributed by atoms with Crippen molar-refractivity contribution in [2.24, 2.45) is 5.41 Å². The number of nitrogens with one attached hydrogen (secondary N) is 1. The third kappa shape index (κ3) is 6.16. The molecule has 1 aromatic carbocycles. The summed E-state index contributed by atoms with van der Waals surface area (Å²) in [5, 5.41) is 6.79. The topological polar surface area (TPSA) is 68.8 Å². The molecule has 2 heterocycles. The van der Waals surface area contributed by atoms with E-state index in [4.69, 9.17) is 4.98 Å². The van der Waals surface area contributed by atoms with Crippen LogP contribution in [0.5, 0.6) is 0 Å². The van der Waals surface area contributed by atoms with Gasteiger partial charge in [-0.25, -0.2) is 4.98 Å². The molecule has 2 aromatic heterocycles. The molecule has 6 nitrogen and oxygen atoms in total. The molecule has 3 aromatic rings. The van der Waals surface area contributed by atoms with Crippen molar-refractivity contribution in [2.45, 2.75) is 59.8 Å². The van der Waals surface area contributed by atoms with E-state index in [1.54, 1.807) is 6.08 Å². The van der Waals surface area contributed by atoms with Crippen molar-refractivity contribution in [3.63, 3.8) is 0 Å². The molecule has 1 N–H and O–H groups in total. The van der Waals surface area contributed by atoms with E-state index in [9.17, 15) is 13.2 Å². The van der Waals surface area contributed by atoms with Gasteiger partial charge < -0.3 is 14.4 Å². The number of aromatic nitrogens is 4. The second-order valence-corrected chi connectivity index (χ2v) is 9.06. The Balaban J connectivity index is 1.87. The van der Waals surface area contributed by atoms with Crippen LogP contribution in [-0.4, -0.2) is 32.3 Å². The monoisotopic (exact) mass is 435 g/mol. The van der Waals surface area contributed by atoms with E-state index in [2.05, 4.69) is 59.2 Å². The minimum atomic E-state index is -4.65. The third-order valence-electron chi connectivity index (χ3n) is 4.54. The lowest BCUT2D eigenvalue weighted by molar-refractivity contribution is -0.159. The van der Waals surface area contributed by atoms with E-state index < -0.39 is 12.1 Å². The smallest absolute Gasteiger partial charge is 0.329 e. The molecule has 0 bridgehead atoms. The molecule has 0 aliphatic carbocycles. The maximum Gasteiger partial charge on any atom is 0.471 e. The van der Waals surface area contributed by atoms with Crippen LogP contribution in [0.3, 0.4) is 0 Å². The molecule has 0 saturated heterocycles. The Morgan fingerprint density at radius 3 is 2.48 bits per heavy atom. The molecule has 3 rings (SSSR count). The summed E-state index contributed by atoms with van der Waals surface area (Å²) in [4.78, 5) is 8.20. The molecule has 168 valence electrons. The largest absolute Gasteiger partial charge is 0.471 e. The molecule has 9 heteroatoms. The van der Waals surface area contributed by atoms with E-state index in [0.29, 0.717) is 6.04 Å². The first-order chi connectivity index (χ1) is 14.4. The fourth-order valence-electron chi connectivity index (χ4n) is 3.21. The minimum Gasteiger partial charge on any atom is -0.329 e. The number of hydrogen-bond acceptors (Lipinski definition) is 5. The zero-order chi connectivity index (χ0) is 22.8. The van der Waals surface area contributed by atoms with Gasteiger partial charge in [-0.1, -0.05) is 51.9 Å². The van der Waals surface area contributed by atoms with Gasteiger partial charge in [0.05, 0.1) is 11.0 Å². The van der Waals surface area contributed by atoms with Gasteiger partial charge >= 0.3 is 12.1 Å². The van der Waals surface area contributed by atoms with Crippen molar-refractivity contribution in [3.05, 3.63) is 41.3 Å². The van der Waals surface area contributed by atoms with Crippen LogP contribution in [0.2, 0.25) is 0 Å². The highest BCUT2D eigenvalue weighted by Crippen LogP contribution is 2.28. The van der Waals surface area contributed by atoms with Crippen molar-refractivity contribution in [1.29, 1.82) is 0 Å². The van der Waals surface area contributed by atoms with Gasteiger partial charge in [0.15, 0.2) is 5.82 Å². The lowest BCUT2D eigenvalue weighted by atomic mass is 9.92. The zero-order valence-electron chi connectivity index (χ0n) is 18.4. The molecule has 0 fully saturated rings. The Bertz CT molecular complexity index is 1060. The second-order valence-electron chi connectivity index (χ2n) is 9.06. The highest BCUT2D eigenvalue weighted by Gasteiger charge is 2.38. The summed E-state index contributed by atoms with van der Waals surface area (Å²) in [5.74, 6) is -0.475. The van der Waals surface area contributed by atoms with Gasteiger partial charge in [0.25, 0.3) is 0 Å². The Hall–Kier alpha value is -2.68. The number of alkyl halides is 3. The number of rotatable bonds is 7. The number of halogens is 3. The van der Waals surface area contributed by atoms with Gasteiger partial charge in [-0.15, -0.1) is 0 Å². The van der Waals surface area contributed by atoms with Crippen molar-refractivity contribution in [3.8, 4) is 0 Å². The summed E-state index contributed by atoms with van der Waals surface area (Å²) in [5.41, 5.74) is 2.75. The fraction of sp³-hybridized carbons (Fsp3) is 0.500. The third-order valence-corrected chi connectivity index (χ3v) is 4.54. The molecule has 0 amide bonds. The van der Waals surface area contributed by atoms with Gasteiger partial charge in [0.1, 0.15) is 5.82 Å². The first-order valence-electron chi connectivity index (χ1n) is 10.2. The van der Waals surface area contributed by atoms with E-state index in [-0.39, 0.29) is 11.2 Å². The Morgan fingerprint density at radius 1 is 1.13 bits per heavy atom. The van der Waals surface area contributed by atoms with Crippen LogP contribution in [0.15, 0.2) is 22.7 Å². The summed E-state index contributed by atoms with van der Waals surface area (Å²) < 4.78 is 44.3. The molecule has 0 saturated carbocycles. The SMILES string of the molecule is CC(C)NCCn1c(CC(C)(C)C)nc2cc(/C=C/c3noc(C(F)(F)F)n3)ccc21. The lowest BCUT2D eigenvalue weighted by Gasteiger charge is -2.19. The van der Waals surface area contributed by atoms with Gasteiger partial charge in [0.2, 0.25) is 0 Å². The highest BCUT2D eigenvalue weighted by molar-refractivity contribution is 5.81. The Morgan fingerprint density at radius 2 is 1.87 bits per heavy atom. The minimum absolute atomic E-state index is 0.0855. The second kappa shape index (κ2) is 8.82. The highest BCUT2D eigenvalue weighted by atomic mass is 19.4. The number of hydrogen-bond donors (Lipinski definition) is 1. The van der Waals surface area contributed by atoms with Gasteiger partial charge in [0, 0.05) is 25.6 Å². The van der Waals surface area contributed by atoms with Crippen LogP contribution in [0.25, 0.3) is 23.2 Å². The van der Waals surface area contributed by atoms with E-state index >= 15 is 0 Å². The average Bonchev–Trinajstić information content (AvgIpc) is 3.23. The maximum atomic E-state index is 12.6. The lowest BCUT2D eigenvalue weighted by Crippen LogP contribution is -2.27. The summed E-state index contributed by atoms with van der Waals surface area (Å²) in [7, 11) is 0. The van der Waals surface area contributed by atoms with Crippen molar-refractivity contribution in [1.82, 2.24) is 25.0 Å². The van der Waals surface area contributed by atoms with Crippen LogP contribution in [0, 0.1) is 5.41 Å². The maximum absolute atomic E-state index is 12.6. The van der Waals surface area contributed by atoms with Gasteiger partial charge in [-0.05, 0) is 29.2 Å². The van der Waals surface area contributed by atoms with E-state index in [1.165, 1.54) is 6.08 Å². The van der Waals surface area contributed by atoms with Crippen LogP contribution < -0.4 is 5.32 Å². The Labute approximate surface area is 179 Å². The van der Waals surface area contributed by atoms with Crippen LogP contribution in [0.4, 0.5) is 13.2 Å². The van der Waals surface area contributed by atoms with Crippen LogP contribution in [-0.2, 0) is 19.1 Å². The van der Waals surface area contributed by atoms with Crippen molar-refractivity contribution in [2.75, 3.05) is 6.54 Å². The molecular weight excluding hydrogens is 407 g/mol. The van der Waals surface area contributed by atoms with E-state index in [1.807, 2.05) is 18.2 Å². The first-order valence-corrected chi connectivity index (χ1v) is 10.2. The molecular formula is C22H28F3N5O. The molecule has 0 unspecified atom stereocenters. The van der Waals surface area contributed by atoms with E-state index in [0.717, 1.165) is 41.9 Å². The molecule has 0 aliphatic heterocycles. The van der Waals surface area contributed by atoms with Gasteiger partial charge in [-0.2, -0.15) is 18.2 Å². The molecule has 0 spiro atoms. The summed E-state index contributed by atoms with van der Waals surface area (Å²) in [6, 6.07) is 6.20. The number of imidazole rings is 1. The number of benzene rings is 1. The van der Waals surface area contributed by atoms with Crippen LogP contribution >= 0.6 is 0 Å². The quantitative estimate of drug-likeness (QED) is 0.553. The van der Waals surface area contributed by atoms with Crippen molar-refractivity contribution < 1.29 is 17.7 Å². The van der Waals surface area contributed by atoms with Crippen LogP contribution in [0.1, 0.15) is 57.7 Å². The fourth-order valence-corrected chi connectivity index (χ4v) is 3.21. The first kappa shape index (κ1) is 23.0. The van der Waals surface area contributed by atoms with Gasteiger partial charge in [-0.3, -0.25) is 0 Å². The number of nitrogens with zero attached hydrogens (tertiary/aromatic N) is 4. The molecule has 0 atom stereocenters. The average molecular weight is 435 g/mol. The Kier molecular flexibility index (Phi) is 6.54. The number of fused-ring (bicyclic) bond motifs is 1. The molecule has 0 radical (unpaired) electrons. The summed E-state index contributed by atoms with van der Waals surface area (Å²) >= 11 is 0. The molecule has 31 heavy (non-hydrogen) atoms. The normalized spacial score (nSPS) is 13.2. The predicted molar refractivity (Wildman–Crippen MR) is 114 cm³/mol. The van der Waals surface area contributed by atoms with Crippen molar-refractivity contribution >= 4 is 23.2 Å². The predicted octanol–water partition coefficient (Wildman–Crippen LogP) is 5.20. The summed E-state index contributed by atoms with van der Waals surface area (Å²) in [6.07, 6.45) is -0.789. The standard InChI is InChI=1S/C22H28F3N5O/c1-14(2)26-10-11-30-17-8-6-15(12-16(17)27-19(30)13-21(3,4)5)7-9-18-28-20(31-29-18)22(23,24)25/h6-9,12,14,26H,10-11,13H2,1-5H3/b9-7+.